The molecule has 1 aromatic heterocycles. The Morgan fingerprint density at radius 3 is 2.78 bits per heavy atom. The van der Waals surface area contributed by atoms with Gasteiger partial charge in [0.1, 0.15) is 0 Å². The molecule has 1 heterocycles. The predicted molar refractivity (Wildman–Crippen MR) is 73.2 cm³/mol. The van der Waals surface area contributed by atoms with Crippen LogP contribution in [-0.2, 0) is 11.3 Å². The summed E-state index contributed by atoms with van der Waals surface area (Å²) < 4.78 is 1.79. The molecule has 1 rings (SSSR count). The van der Waals surface area contributed by atoms with Gasteiger partial charge < -0.3 is 11.1 Å². The van der Waals surface area contributed by atoms with E-state index in [1.54, 1.807) is 4.68 Å². The minimum atomic E-state index is 0.0152. The van der Waals surface area contributed by atoms with Crippen molar-refractivity contribution in [2.75, 3.05) is 11.9 Å². The lowest BCUT2D eigenvalue weighted by Gasteiger charge is -2.23. The van der Waals surface area contributed by atoms with Gasteiger partial charge in [-0.3, -0.25) is 9.48 Å². The molecule has 0 aliphatic rings. The van der Waals surface area contributed by atoms with Gasteiger partial charge in [0.05, 0.1) is 0 Å². The van der Waals surface area contributed by atoms with E-state index >= 15 is 0 Å². The zero-order valence-electron chi connectivity index (χ0n) is 11.6. The fourth-order valence-electron chi connectivity index (χ4n) is 1.78. The highest BCUT2D eigenvalue weighted by atomic mass is 16.1. The molecule has 0 radical (unpaired) electrons. The average Bonchev–Trinajstić information content (AvgIpc) is 2.74. The number of aromatic nitrogens is 2. The van der Waals surface area contributed by atoms with Crippen molar-refractivity contribution < 1.29 is 4.79 Å². The van der Waals surface area contributed by atoms with Crippen LogP contribution < -0.4 is 11.1 Å². The van der Waals surface area contributed by atoms with Gasteiger partial charge in [-0.15, -0.1) is 0 Å². The largest absolute Gasteiger partial charge is 0.330 e. The lowest BCUT2D eigenvalue weighted by atomic mass is 9.84. The summed E-state index contributed by atoms with van der Waals surface area (Å²) in [4.78, 5) is 11.8. The lowest BCUT2D eigenvalue weighted by Crippen LogP contribution is -2.20. The monoisotopic (exact) mass is 252 g/mol. The van der Waals surface area contributed by atoms with Gasteiger partial charge in [-0.25, -0.2) is 0 Å². The first kappa shape index (κ1) is 14.7. The molecule has 1 aromatic rings. The van der Waals surface area contributed by atoms with Crippen molar-refractivity contribution in [1.29, 1.82) is 0 Å². The number of nitrogens with two attached hydrogens (primary N) is 1. The van der Waals surface area contributed by atoms with Crippen molar-refractivity contribution in [3.05, 3.63) is 12.3 Å². The van der Waals surface area contributed by atoms with Gasteiger partial charge in [0.15, 0.2) is 5.82 Å². The number of anilines is 1. The molecule has 5 nitrogen and oxygen atoms in total. The number of nitrogens with one attached hydrogen (secondary N) is 1. The Labute approximate surface area is 109 Å². The molecule has 0 unspecified atom stereocenters. The average molecular weight is 252 g/mol. The first-order valence-electron chi connectivity index (χ1n) is 6.50. The summed E-state index contributed by atoms with van der Waals surface area (Å²) in [5.74, 6) is 0.639. The summed E-state index contributed by atoms with van der Waals surface area (Å²) in [6, 6.07) is 1.81. The maximum atomic E-state index is 11.8. The number of carbonyl (C=O) groups is 1. The van der Waals surface area contributed by atoms with Crippen molar-refractivity contribution in [3.63, 3.8) is 0 Å². The van der Waals surface area contributed by atoms with Crippen molar-refractivity contribution >= 4 is 11.7 Å². The van der Waals surface area contributed by atoms with Gasteiger partial charge >= 0.3 is 0 Å². The standard InChI is InChI=1S/C13H24N4O/c1-4-17-10-6-11(16-17)15-12(18)5-7-13(2,3)8-9-14/h6,10H,4-5,7-9,14H2,1-3H3,(H,15,16,18). The van der Waals surface area contributed by atoms with Gasteiger partial charge in [0.2, 0.25) is 5.91 Å². The van der Waals surface area contributed by atoms with E-state index < -0.39 is 0 Å². The number of hydrogen-bond donors (Lipinski definition) is 2. The first-order chi connectivity index (χ1) is 8.46. The molecule has 0 saturated heterocycles. The van der Waals surface area contributed by atoms with Crippen LogP contribution in [0.25, 0.3) is 0 Å². The number of aryl methyl sites for hydroxylation is 1. The minimum absolute atomic E-state index is 0.0152. The summed E-state index contributed by atoms with van der Waals surface area (Å²) >= 11 is 0. The second-order valence-corrected chi connectivity index (χ2v) is 5.31. The maximum absolute atomic E-state index is 11.8. The van der Waals surface area contributed by atoms with E-state index in [2.05, 4.69) is 24.3 Å². The van der Waals surface area contributed by atoms with Crippen LogP contribution in [0.1, 0.15) is 40.0 Å². The Morgan fingerprint density at radius 2 is 2.22 bits per heavy atom. The van der Waals surface area contributed by atoms with Gasteiger partial charge in [-0.05, 0) is 31.7 Å². The molecule has 18 heavy (non-hydrogen) atoms. The summed E-state index contributed by atoms with van der Waals surface area (Å²) in [5.41, 5.74) is 5.67. The molecule has 0 saturated carbocycles. The van der Waals surface area contributed by atoms with Gasteiger partial charge in [-0.1, -0.05) is 13.8 Å². The van der Waals surface area contributed by atoms with Crippen molar-refractivity contribution in [2.45, 2.75) is 46.6 Å². The van der Waals surface area contributed by atoms with E-state index in [1.165, 1.54) is 0 Å². The third-order valence-electron chi connectivity index (χ3n) is 3.08. The van der Waals surface area contributed by atoms with Crippen LogP contribution in [0.5, 0.6) is 0 Å². The molecule has 0 spiro atoms. The minimum Gasteiger partial charge on any atom is -0.330 e. The third-order valence-corrected chi connectivity index (χ3v) is 3.08. The van der Waals surface area contributed by atoms with Gasteiger partial charge in [-0.2, -0.15) is 5.10 Å². The first-order valence-corrected chi connectivity index (χ1v) is 6.50. The SMILES string of the molecule is CCn1ccc(NC(=O)CCC(C)(C)CCN)n1. The molecule has 0 atom stereocenters. The van der Waals surface area contributed by atoms with Gasteiger partial charge in [0, 0.05) is 25.2 Å². The van der Waals surface area contributed by atoms with Crippen molar-refractivity contribution in [2.24, 2.45) is 11.1 Å². The molecule has 3 N–H and O–H groups in total. The van der Waals surface area contributed by atoms with E-state index in [1.807, 2.05) is 19.2 Å². The van der Waals surface area contributed by atoms with Crippen LogP contribution in [-0.4, -0.2) is 22.2 Å². The quantitative estimate of drug-likeness (QED) is 0.779. The van der Waals surface area contributed by atoms with Crippen LogP contribution in [0.4, 0.5) is 5.82 Å². The van der Waals surface area contributed by atoms with E-state index in [4.69, 9.17) is 5.73 Å². The van der Waals surface area contributed by atoms with E-state index in [9.17, 15) is 4.79 Å². The number of rotatable bonds is 7. The Balaban J connectivity index is 2.37. The Hall–Kier alpha value is -1.36. The molecule has 5 heteroatoms. The number of carbonyl (C=O) groups excluding carboxylic acids is 1. The molecule has 0 aromatic carbocycles. The van der Waals surface area contributed by atoms with Crippen molar-refractivity contribution in [3.8, 4) is 0 Å². The highest BCUT2D eigenvalue weighted by molar-refractivity contribution is 5.89. The normalized spacial score (nSPS) is 11.6. The van der Waals surface area contributed by atoms with E-state index in [0.717, 1.165) is 19.4 Å². The Bertz CT molecular complexity index is 384. The molecule has 0 fully saturated rings. The van der Waals surface area contributed by atoms with E-state index in [0.29, 0.717) is 18.8 Å². The lowest BCUT2D eigenvalue weighted by molar-refractivity contribution is -0.116. The van der Waals surface area contributed by atoms with Gasteiger partial charge in [0.25, 0.3) is 0 Å². The fourth-order valence-corrected chi connectivity index (χ4v) is 1.78. The van der Waals surface area contributed by atoms with Crippen LogP contribution in [0.3, 0.4) is 0 Å². The van der Waals surface area contributed by atoms with Crippen molar-refractivity contribution in [1.82, 2.24) is 9.78 Å². The molecule has 102 valence electrons. The summed E-state index contributed by atoms with van der Waals surface area (Å²) in [6.07, 6.45) is 4.13. The number of amides is 1. The topological polar surface area (TPSA) is 72.9 Å². The Kier molecular flexibility index (Phi) is 5.34. The fraction of sp³-hybridized carbons (Fsp3) is 0.692. The molecule has 0 aliphatic heterocycles. The predicted octanol–water partition coefficient (Wildman–Crippen LogP) is 2.00. The zero-order chi connectivity index (χ0) is 13.6. The Morgan fingerprint density at radius 1 is 1.50 bits per heavy atom. The van der Waals surface area contributed by atoms with Crippen LogP contribution in [0.2, 0.25) is 0 Å². The maximum Gasteiger partial charge on any atom is 0.225 e. The van der Waals surface area contributed by atoms with E-state index in [-0.39, 0.29) is 11.3 Å². The highest BCUT2D eigenvalue weighted by Crippen LogP contribution is 2.25. The summed E-state index contributed by atoms with van der Waals surface area (Å²) in [5, 5.41) is 7.02. The highest BCUT2D eigenvalue weighted by Gasteiger charge is 2.18. The molecule has 1 amide bonds. The third kappa shape index (κ3) is 4.87. The van der Waals surface area contributed by atoms with Crippen LogP contribution in [0.15, 0.2) is 12.3 Å². The smallest absolute Gasteiger partial charge is 0.225 e. The molecular formula is C13H24N4O. The second-order valence-electron chi connectivity index (χ2n) is 5.31. The van der Waals surface area contributed by atoms with Crippen LogP contribution >= 0.6 is 0 Å². The molecule has 0 aliphatic carbocycles. The summed E-state index contributed by atoms with van der Waals surface area (Å²) in [7, 11) is 0. The number of hydrogen-bond acceptors (Lipinski definition) is 3. The molecular weight excluding hydrogens is 228 g/mol. The number of nitrogens with zero attached hydrogens (tertiary/aromatic N) is 2. The summed E-state index contributed by atoms with van der Waals surface area (Å²) in [6.45, 7) is 7.75. The second kappa shape index (κ2) is 6.54. The molecule has 0 bridgehead atoms. The zero-order valence-corrected chi connectivity index (χ0v) is 11.6. The van der Waals surface area contributed by atoms with Crippen LogP contribution in [0, 0.1) is 5.41 Å².